The number of anilines is 1. The number of nitrogens with one attached hydrogen (secondary N) is 1. The van der Waals surface area contributed by atoms with E-state index in [4.69, 9.17) is 16.3 Å². The summed E-state index contributed by atoms with van der Waals surface area (Å²) in [6.45, 7) is 5.25. The second-order valence-corrected chi connectivity index (χ2v) is 8.62. The number of carbonyl (C=O) groups is 1. The molecule has 1 aromatic carbocycles. The Morgan fingerprint density at radius 2 is 1.82 bits per heavy atom. The van der Waals surface area contributed by atoms with Crippen molar-refractivity contribution in [2.75, 3.05) is 5.32 Å². The minimum absolute atomic E-state index is 0.212. The van der Waals surface area contributed by atoms with Crippen LogP contribution in [0.15, 0.2) is 54.9 Å². The maximum absolute atomic E-state index is 14.0. The van der Waals surface area contributed by atoms with E-state index in [1.54, 1.807) is 51.2 Å². The first-order chi connectivity index (χ1) is 16.1. The molecule has 0 atom stereocenters. The molecule has 0 aliphatic carbocycles. The Bertz CT molecular complexity index is 1350. The highest BCUT2D eigenvalue weighted by Crippen LogP contribution is 2.33. The van der Waals surface area contributed by atoms with Crippen LogP contribution in [0, 0.1) is 11.6 Å². The summed E-state index contributed by atoms with van der Waals surface area (Å²) in [5.41, 5.74) is 1.17. The summed E-state index contributed by atoms with van der Waals surface area (Å²) in [6.07, 6.45) is 2.49. The van der Waals surface area contributed by atoms with Crippen molar-refractivity contribution in [1.29, 1.82) is 0 Å². The summed E-state index contributed by atoms with van der Waals surface area (Å²) < 4.78 is 34.3. The van der Waals surface area contributed by atoms with Gasteiger partial charge in [0.2, 0.25) is 0 Å². The summed E-state index contributed by atoms with van der Waals surface area (Å²) in [5, 5.41) is 15.1. The van der Waals surface area contributed by atoms with Crippen LogP contribution in [0.4, 0.5) is 19.4 Å². The van der Waals surface area contributed by atoms with E-state index in [-0.39, 0.29) is 11.0 Å². The first kappa shape index (κ1) is 23.2. The molecule has 4 aromatic rings. The first-order valence-electron chi connectivity index (χ1n) is 10.1. The molecule has 3 heterocycles. The minimum atomic E-state index is -1.01. The summed E-state index contributed by atoms with van der Waals surface area (Å²) in [5.74, 6) is -1.38. The quantitative estimate of drug-likeness (QED) is 0.401. The second kappa shape index (κ2) is 9.14. The van der Waals surface area contributed by atoms with Gasteiger partial charge in [0.05, 0.1) is 0 Å². The fraction of sp³-hybridized carbons (Fsp3) is 0.174. The number of aromatic nitrogens is 5. The highest BCUT2D eigenvalue weighted by Gasteiger charge is 2.19. The van der Waals surface area contributed by atoms with E-state index in [1.165, 1.54) is 16.9 Å². The largest absolute Gasteiger partial charge is 0.444 e. The van der Waals surface area contributed by atoms with Crippen LogP contribution in [0.5, 0.6) is 0 Å². The Balaban J connectivity index is 1.78. The van der Waals surface area contributed by atoms with Crippen molar-refractivity contribution in [2.45, 2.75) is 26.4 Å². The van der Waals surface area contributed by atoms with Crippen LogP contribution in [0.3, 0.4) is 0 Å². The van der Waals surface area contributed by atoms with Crippen molar-refractivity contribution in [3.05, 3.63) is 71.6 Å². The van der Waals surface area contributed by atoms with Crippen molar-refractivity contribution < 1.29 is 18.3 Å². The van der Waals surface area contributed by atoms with Crippen molar-refractivity contribution >= 4 is 23.5 Å². The molecule has 0 saturated heterocycles. The van der Waals surface area contributed by atoms with Gasteiger partial charge in [0, 0.05) is 23.5 Å². The molecule has 0 saturated carbocycles. The SMILES string of the molecule is CC(C)(C)OC(=O)Nc1cc(-c2cn(-c3ccc(Cl)nn3)nc2-c2ccc(F)c(F)c2)ccn1. The van der Waals surface area contributed by atoms with Gasteiger partial charge in [0.1, 0.15) is 17.1 Å². The number of benzene rings is 1. The van der Waals surface area contributed by atoms with Gasteiger partial charge in [-0.3, -0.25) is 5.32 Å². The van der Waals surface area contributed by atoms with Gasteiger partial charge < -0.3 is 4.74 Å². The van der Waals surface area contributed by atoms with Gasteiger partial charge in [-0.2, -0.15) is 5.10 Å². The average Bonchev–Trinajstić information content (AvgIpc) is 3.20. The molecule has 0 radical (unpaired) electrons. The van der Waals surface area contributed by atoms with Crippen molar-refractivity contribution in [3.8, 4) is 28.2 Å². The number of rotatable bonds is 4. The third kappa shape index (κ3) is 5.34. The van der Waals surface area contributed by atoms with Crippen LogP contribution in [0.25, 0.3) is 28.2 Å². The number of hydrogen-bond donors (Lipinski definition) is 1. The Labute approximate surface area is 198 Å². The van der Waals surface area contributed by atoms with Gasteiger partial charge in [-0.05, 0) is 68.8 Å². The molecule has 8 nitrogen and oxygen atoms in total. The molecule has 0 unspecified atom stereocenters. The number of amides is 1. The lowest BCUT2D eigenvalue weighted by Crippen LogP contribution is -2.27. The van der Waals surface area contributed by atoms with Crippen molar-refractivity contribution in [1.82, 2.24) is 25.0 Å². The lowest BCUT2D eigenvalue weighted by atomic mass is 10.0. The van der Waals surface area contributed by atoms with E-state index < -0.39 is 23.3 Å². The van der Waals surface area contributed by atoms with Crippen LogP contribution in [-0.4, -0.2) is 36.7 Å². The molecule has 0 aliphatic heterocycles. The molecule has 1 amide bonds. The molecular weight excluding hydrogens is 466 g/mol. The Morgan fingerprint density at radius 3 is 2.50 bits per heavy atom. The zero-order valence-electron chi connectivity index (χ0n) is 18.4. The first-order valence-corrected chi connectivity index (χ1v) is 10.5. The van der Waals surface area contributed by atoms with Crippen molar-refractivity contribution in [3.63, 3.8) is 0 Å². The summed E-state index contributed by atoms with van der Waals surface area (Å²) in [4.78, 5) is 16.3. The zero-order chi connectivity index (χ0) is 24.5. The fourth-order valence-electron chi connectivity index (χ4n) is 3.06. The fourth-order valence-corrected chi connectivity index (χ4v) is 3.17. The number of nitrogens with zero attached hydrogens (tertiary/aromatic N) is 5. The monoisotopic (exact) mass is 484 g/mol. The lowest BCUT2D eigenvalue weighted by molar-refractivity contribution is 0.0635. The van der Waals surface area contributed by atoms with Crippen LogP contribution in [0.1, 0.15) is 20.8 Å². The van der Waals surface area contributed by atoms with E-state index in [2.05, 4.69) is 25.6 Å². The Morgan fingerprint density at radius 1 is 1.03 bits per heavy atom. The summed E-state index contributed by atoms with van der Waals surface area (Å²) in [6, 6.07) is 9.97. The molecule has 0 fully saturated rings. The van der Waals surface area contributed by atoms with Gasteiger partial charge in [0.15, 0.2) is 22.6 Å². The third-order valence-corrected chi connectivity index (χ3v) is 4.66. The smallest absolute Gasteiger partial charge is 0.413 e. The van der Waals surface area contributed by atoms with E-state index in [0.717, 1.165) is 12.1 Å². The maximum atomic E-state index is 14.0. The molecule has 0 spiro atoms. The highest BCUT2D eigenvalue weighted by molar-refractivity contribution is 6.29. The number of halogens is 3. The average molecular weight is 485 g/mol. The Hall–Kier alpha value is -3.92. The van der Waals surface area contributed by atoms with Gasteiger partial charge in [-0.1, -0.05) is 11.6 Å². The molecule has 34 heavy (non-hydrogen) atoms. The molecule has 0 aliphatic rings. The summed E-state index contributed by atoms with van der Waals surface area (Å²) >= 11 is 5.83. The molecule has 11 heteroatoms. The number of carbonyl (C=O) groups excluding carboxylic acids is 1. The number of hydrogen-bond acceptors (Lipinski definition) is 6. The minimum Gasteiger partial charge on any atom is -0.444 e. The van der Waals surface area contributed by atoms with Crippen LogP contribution >= 0.6 is 11.6 Å². The zero-order valence-corrected chi connectivity index (χ0v) is 19.1. The molecule has 0 bridgehead atoms. The van der Waals surface area contributed by atoms with Crippen molar-refractivity contribution in [2.24, 2.45) is 0 Å². The molecule has 4 rings (SSSR count). The van der Waals surface area contributed by atoms with E-state index in [0.29, 0.717) is 28.2 Å². The highest BCUT2D eigenvalue weighted by atomic mass is 35.5. The number of pyridine rings is 1. The van der Waals surface area contributed by atoms with Gasteiger partial charge >= 0.3 is 6.09 Å². The van der Waals surface area contributed by atoms with Gasteiger partial charge in [-0.25, -0.2) is 23.2 Å². The van der Waals surface area contributed by atoms with Gasteiger partial charge in [0.25, 0.3) is 0 Å². The number of ether oxygens (including phenoxy) is 1. The molecule has 174 valence electrons. The predicted octanol–water partition coefficient (Wildman–Crippen LogP) is 5.67. The van der Waals surface area contributed by atoms with Crippen LogP contribution < -0.4 is 5.32 Å². The van der Waals surface area contributed by atoms with Crippen LogP contribution in [-0.2, 0) is 4.74 Å². The van der Waals surface area contributed by atoms with E-state index in [9.17, 15) is 13.6 Å². The standard InChI is InChI=1S/C23H19ClF2N6O2/c1-23(2,3)34-22(33)28-19-11-13(8-9-27-19)15-12-32(20-7-6-18(24)29-30-20)31-21(15)14-4-5-16(25)17(26)10-14/h4-12H,1-3H3,(H,27,28,33). The Kier molecular flexibility index (Phi) is 6.25. The molecule has 1 N–H and O–H groups in total. The predicted molar refractivity (Wildman–Crippen MR) is 123 cm³/mol. The summed E-state index contributed by atoms with van der Waals surface area (Å²) in [7, 11) is 0. The van der Waals surface area contributed by atoms with Crippen LogP contribution in [0.2, 0.25) is 5.15 Å². The molecule has 3 aromatic heterocycles. The van der Waals surface area contributed by atoms with E-state index in [1.807, 2.05) is 0 Å². The normalized spacial score (nSPS) is 11.4. The molecular formula is C23H19ClF2N6O2. The second-order valence-electron chi connectivity index (χ2n) is 8.24. The third-order valence-electron chi connectivity index (χ3n) is 4.46. The lowest BCUT2D eigenvalue weighted by Gasteiger charge is -2.19. The topological polar surface area (TPSA) is 94.8 Å². The van der Waals surface area contributed by atoms with Gasteiger partial charge in [-0.15, -0.1) is 10.2 Å². The maximum Gasteiger partial charge on any atom is 0.413 e. The van der Waals surface area contributed by atoms with E-state index >= 15 is 0 Å².